The summed E-state index contributed by atoms with van der Waals surface area (Å²) in [7, 11) is 0. The van der Waals surface area contributed by atoms with Crippen LogP contribution in [0.5, 0.6) is 0 Å². The van der Waals surface area contributed by atoms with Crippen molar-refractivity contribution >= 4 is 17.2 Å². The monoisotopic (exact) mass is 181 g/mol. The van der Waals surface area contributed by atoms with E-state index in [-0.39, 0.29) is 0 Å². The molecule has 1 heterocycles. The van der Waals surface area contributed by atoms with Crippen molar-refractivity contribution in [2.45, 2.75) is 19.3 Å². The fraction of sp³-hybridized carbons (Fsp3) is 0.500. The van der Waals surface area contributed by atoms with Gasteiger partial charge in [-0.2, -0.15) is 5.10 Å². The molecule has 0 unspecified atom stereocenters. The second-order valence-electron chi connectivity index (χ2n) is 3.22. The summed E-state index contributed by atoms with van der Waals surface area (Å²) in [4.78, 5) is 0.634. The zero-order chi connectivity index (χ0) is 8.55. The van der Waals surface area contributed by atoms with Crippen molar-refractivity contribution in [2.24, 2.45) is 11.7 Å². The van der Waals surface area contributed by atoms with E-state index in [1.54, 1.807) is 0 Å². The Bertz CT molecular complexity index is 305. The number of aromatic nitrogens is 2. The molecule has 3 N–H and O–H groups in total. The Balaban J connectivity index is 2.20. The zero-order valence-corrected chi connectivity index (χ0v) is 7.53. The van der Waals surface area contributed by atoms with Crippen LogP contribution in [-0.2, 0) is 12.8 Å². The number of nitrogens with one attached hydrogen (secondary N) is 1. The van der Waals surface area contributed by atoms with Gasteiger partial charge in [-0.3, -0.25) is 5.10 Å². The highest BCUT2D eigenvalue weighted by molar-refractivity contribution is 7.80. The highest BCUT2D eigenvalue weighted by atomic mass is 32.1. The van der Waals surface area contributed by atoms with Crippen LogP contribution in [0.3, 0.4) is 0 Å². The molecule has 0 fully saturated rings. The van der Waals surface area contributed by atoms with E-state index in [0.29, 0.717) is 10.9 Å². The largest absolute Gasteiger partial charge is 0.393 e. The summed E-state index contributed by atoms with van der Waals surface area (Å²) in [5.74, 6) is 0.368. The van der Waals surface area contributed by atoms with E-state index in [9.17, 15) is 0 Å². The molecule has 64 valence electrons. The van der Waals surface area contributed by atoms with E-state index in [4.69, 9.17) is 18.0 Å². The van der Waals surface area contributed by atoms with Gasteiger partial charge in [0.1, 0.15) is 0 Å². The van der Waals surface area contributed by atoms with Gasteiger partial charge in [0.15, 0.2) is 0 Å². The van der Waals surface area contributed by atoms with E-state index in [1.165, 1.54) is 11.3 Å². The van der Waals surface area contributed by atoms with Gasteiger partial charge < -0.3 is 5.73 Å². The molecule has 3 nitrogen and oxygen atoms in total. The van der Waals surface area contributed by atoms with Crippen molar-refractivity contribution in [3.8, 4) is 0 Å². The summed E-state index contributed by atoms with van der Waals surface area (Å²) < 4.78 is 0. The minimum absolute atomic E-state index is 0.368. The molecule has 1 aromatic rings. The Morgan fingerprint density at radius 2 is 2.58 bits per heavy atom. The Morgan fingerprint density at radius 3 is 3.33 bits per heavy atom. The number of thiocarbonyl (C=S) groups is 1. The van der Waals surface area contributed by atoms with Gasteiger partial charge in [-0.15, -0.1) is 0 Å². The number of H-pyrrole nitrogens is 1. The molecule has 12 heavy (non-hydrogen) atoms. The quantitative estimate of drug-likeness (QED) is 0.630. The van der Waals surface area contributed by atoms with Gasteiger partial charge in [-0.25, -0.2) is 0 Å². The second kappa shape index (κ2) is 2.86. The SMILES string of the molecule is NC(=S)[C@@H]1CCc2cn[nH]c2C1. The van der Waals surface area contributed by atoms with Gasteiger partial charge >= 0.3 is 0 Å². The number of nitrogens with two attached hydrogens (primary N) is 1. The molecule has 4 heteroatoms. The smallest absolute Gasteiger partial charge is 0.0762 e. The third kappa shape index (κ3) is 1.22. The van der Waals surface area contributed by atoms with Crippen LogP contribution in [0.15, 0.2) is 6.20 Å². The van der Waals surface area contributed by atoms with Crippen LogP contribution >= 0.6 is 12.2 Å². The van der Waals surface area contributed by atoms with Gasteiger partial charge in [0.25, 0.3) is 0 Å². The van der Waals surface area contributed by atoms with Gasteiger partial charge in [0, 0.05) is 11.6 Å². The average Bonchev–Trinajstić information content (AvgIpc) is 2.49. The minimum Gasteiger partial charge on any atom is -0.393 e. The molecule has 0 aromatic carbocycles. The molecule has 1 atom stereocenters. The molecule has 0 saturated heterocycles. The standard InChI is InChI=1S/C8H11N3S/c9-8(12)5-1-2-6-4-10-11-7(6)3-5/h4-5H,1-3H2,(H2,9,12)(H,10,11)/t5-/m1/s1. The van der Waals surface area contributed by atoms with Crippen LogP contribution in [0.2, 0.25) is 0 Å². The Morgan fingerprint density at radius 1 is 1.75 bits per heavy atom. The van der Waals surface area contributed by atoms with Crippen molar-refractivity contribution in [3.63, 3.8) is 0 Å². The lowest BCUT2D eigenvalue weighted by atomic mass is 9.88. The van der Waals surface area contributed by atoms with Gasteiger partial charge in [0.2, 0.25) is 0 Å². The normalized spacial score (nSPS) is 21.8. The molecule has 0 amide bonds. The molecule has 1 aliphatic carbocycles. The fourth-order valence-electron chi connectivity index (χ4n) is 1.65. The molecule has 1 aromatic heterocycles. The molecule has 0 spiro atoms. The number of hydrogen-bond donors (Lipinski definition) is 2. The number of hydrogen-bond acceptors (Lipinski definition) is 2. The van der Waals surface area contributed by atoms with Crippen LogP contribution in [0.4, 0.5) is 0 Å². The number of rotatable bonds is 1. The topological polar surface area (TPSA) is 54.7 Å². The molecule has 2 rings (SSSR count). The fourth-order valence-corrected chi connectivity index (χ4v) is 1.85. The summed E-state index contributed by atoms with van der Waals surface area (Å²) in [6.45, 7) is 0. The highest BCUT2D eigenvalue weighted by Gasteiger charge is 2.21. The Hall–Kier alpha value is -0.900. The first kappa shape index (κ1) is 7.73. The summed E-state index contributed by atoms with van der Waals surface area (Å²) in [6, 6.07) is 0. The predicted molar refractivity (Wildman–Crippen MR) is 50.9 cm³/mol. The van der Waals surface area contributed by atoms with E-state index in [2.05, 4.69) is 10.2 Å². The molecular formula is C8H11N3S. The Labute approximate surface area is 76.3 Å². The zero-order valence-electron chi connectivity index (χ0n) is 6.71. The third-order valence-corrected chi connectivity index (χ3v) is 2.76. The van der Waals surface area contributed by atoms with Crippen molar-refractivity contribution in [3.05, 3.63) is 17.5 Å². The maximum absolute atomic E-state index is 5.59. The number of aryl methyl sites for hydroxylation is 1. The van der Waals surface area contributed by atoms with Crippen molar-refractivity contribution in [1.29, 1.82) is 0 Å². The van der Waals surface area contributed by atoms with E-state index < -0.39 is 0 Å². The lowest BCUT2D eigenvalue weighted by Crippen LogP contribution is -2.26. The lowest BCUT2D eigenvalue weighted by Gasteiger charge is -2.19. The predicted octanol–water partition coefficient (Wildman–Crippen LogP) is 0.801. The van der Waals surface area contributed by atoms with Crippen molar-refractivity contribution in [1.82, 2.24) is 10.2 Å². The van der Waals surface area contributed by atoms with E-state index >= 15 is 0 Å². The third-order valence-electron chi connectivity index (χ3n) is 2.42. The molecular weight excluding hydrogens is 170 g/mol. The molecule has 0 aliphatic heterocycles. The maximum atomic E-state index is 5.59. The van der Waals surface area contributed by atoms with Gasteiger partial charge in [-0.05, 0) is 24.8 Å². The van der Waals surface area contributed by atoms with Crippen molar-refractivity contribution < 1.29 is 0 Å². The first-order valence-electron chi connectivity index (χ1n) is 4.08. The van der Waals surface area contributed by atoms with Crippen molar-refractivity contribution in [2.75, 3.05) is 0 Å². The number of nitrogens with zero attached hydrogens (tertiary/aromatic N) is 1. The minimum atomic E-state index is 0.368. The summed E-state index contributed by atoms with van der Waals surface area (Å²) in [6.07, 6.45) is 4.95. The summed E-state index contributed by atoms with van der Waals surface area (Å²) >= 11 is 4.96. The first-order valence-corrected chi connectivity index (χ1v) is 4.48. The Kier molecular flexibility index (Phi) is 1.84. The molecule has 0 bridgehead atoms. The molecule has 0 radical (unpaired) electrons. The first-order chi connectivity index (χ1) is 5.77. The number of fused-ring (bicyclic) bond motifs is 1. The van der Waals surface area contributed by atoms with Crippen LogP contribution < -0.4 is 5.73 Å². The summed E-state index contributed by atoms with van der Waals surface area (Å²) in [5.41, 5.74) is 8.12. The number of aromatic amines is 1. The van der Waals surface area contributed by atoms with Crippen LogP contribution in [-0.4, -0.2) is 15.2 Å². The van der Waals surface area contributed by atoms with Crippen LogP contribution in [0.1, 0.15) is 17.7 Å². The highest BCUT2D eigenvalue weighted by Crippen LogP contribution is 2.23. The average molecular weight is 181 g/mol. The van der Waals surface area contributed by atoms with Gasteiger partial charge in [-0.1, -0.05) is 12.2 Å². The lowest BCUT2D eigenvalue weighted by molar-refractivity contribution is 0.578. The van der Waals surface area contributed by atoms with Crippen LogP contribution in [0.25, 0.3) is 0 Å². The van der Waals surface area contributed by atoms with Gasteiger partial charge in [0.05, 0.1) is 11.2 Å². The van der Waals surface area contributed by atoms with E-state index in [1.807, 2.05) is 6.20 Å². The molecule has 1 aliphatic rings. The molecule has 0 saturated carbocycles. The van der Waals surface area contributed by atoms with Crippen LogP contribution in [0, 0.1) is 5.92 Å². The second-order valence-corrected chi connectivity index (χ2v) is 3.69. The van der Waals surface area contributed by atoms with E-state index in [0.717, 1.165) is 19.3 Å². The summed E-state index contributed by atoms with van der Waals surface area (Å²) in [5, 5.41) is 6.97. The maximum Gasteiger partial charge on any atom is 0.0762 e.